The molecule has 0 saturated heterocycles. The Kier molecular flexibility index (Phi) is 4.72. The van der Waals surface area contributed by atoms with Crippen LogP contribution >= 0.6 is 0 Å². The van der Waals surface area contributed by atoms with Crippen molar-refractivity contribution in [2.75, 3.05) is 13.7 Å². The average molecular weight is 268 g/mol. The summed E-state index contributed by atoms with van der Waals surface area (Å²) in [6, 6.07) is 19.5. The Morgan fingerprint density at radius 3 is 2.15 bits per heavy atom. The number of aliphatic hydroxyl groups is 1. The molecule has 0 saturated carbocycles. The van der Waals surface area contributed by atoms with Crippen molar-refractivity contribution < 1.29 is 9.84 Å². The molecule has 0 aliphatic carbocycles. The summed E-state index contributed by atoms with van der Waals surface area (Å²) in [5, 5.41) is 11.2. The normalized spacial score (nSPS) is 15.3. The first-order valence-electron chi connectivity index (χ1n) is 6.66. The van der Waals surface area contributed by atoms with Crippen molar-refractivity contribution in [2.24, 2.45) is 0 Å². The molecule has 2 atom stereocenters. The van der Waals surface area contributed by atoms with Crippen LogP contribution in [-0.4, -0.2) is 18.8 Å². The van der Waals surface area contributed by atoms with Gasteiger partial charge in [0, 0.05) is 13.0 Å². The fourth-order valence-corrected chi connectivity index (χ4v) is 2.57. The summed E-state index contributed by atoms with van der Waals surface area (Å²) in [7, 11) is 1.60. The lowest BCUT2D eigenvalue weighted by Crippen LogP contribution is -2.37. The van der Waals surface area contributed by atoms with E-state index in [0.717, 1.165) is 11.1 Å². The van der Waals surface area contributed by atoms with E-state index in [2.05, 4.69) is 6.58 Å². The van der Waals surface area contributed by atoms with Crippen LogP contribution in [0.1, 0.15) is 17.0 Å². The van der Waals surface area contributed by atoms with Gasteiger partial charge in [0.25, 0.3) is 0 Å². The molecule has 0 aliphatic heterocycles. The van der Waals surface area contributed by atoms with Crippen LogP contribution in [0.15, 0.2) is 73.3 Å². The van der Waals surface area contributed by atoms with Crippen LogP contribution in [0, 0.1) is 0 Å². The molecule has 0 unspecified atom stereocenters. The molecule has 0 spiro atoms. The van der Waals surface area contributed by atoms with Gasteiger partial charge in [0.05, 0.1) is 6.61 Å². The zero-order valence-electron chi connectivity index (χ0n) is 11.7. The van der Waals surface area contributed by atoms with Gasteiger partial charge in [-0.2, -0.15) is 0 Å². The van der Waals surface area contributed by atoms with E-state index in [0.29, 0.717) is 0 Å². The highest BCUT2D eigenvalue weighted by Gasteiger charge is 2.37. The van der Waals surface area contributed by atoms with Crippen LogP contribution in [0.25, 0.3) is 0 Å². The fraction of sp³-hybridized carbons (Fsp3) is 0.222. The van der Waals surface area contributed by atoms with Gasteiger partial charge in [-0.05, 0) is 11.1 Å². The van der Waals surface area contributed by atoms with Crippen molar-refractivity contribution in [1.29, 1.82) is 0 Å². The fourth-order valence-electron chi connectivity index (χ4n) is 2.57. The molecule has 0 aromatic heterocycles. The Bertz CT molecular complexity index is 536. The molecule has 2 aromatic rings. The maximum absolute atomic E-state index is 11.2. The second kappa shape index (κ2) is 6.51. The first-order chi connectivity index (χ1) is 9.72. The summed E-state index contributed by atoms with van der Waals surface area (Å²) < 4.78 is 5.27. The molecule has 2 heteroatoms. The van der Waals surface area contributed by atoms with E-state index in [1.54, 1.807) is 13.2 Å². The highest BCUT2D eigenvalue weighted by Crippen LogP contribution is 2.38. The Morgan fingerprint density at radius 1 is 1.10 bits per heavy atom. The van der Waals surface area contributed by atoms with Gasteiger partial charge in [-0.1, -0.05) is 66.7 Å². The van der Waals surface area contributed by atoms with E-state index in [1.165, 1.54) is 0 Å². The molecule has 0 heterocycles. The maximum atomic E-state index is 11.2. The molecule has 0 bridgehead atoms. The van der Waals surface area contributed by atoms with Gasteiger partial charge >= 0.3 is 0 Å². The standard InChI is InChI=1S/C18H20O2/c1-3-17(15-10-6-4-7-11-15)18(19,14-20-2)16-12-8-5-9-13-16/h3-13,17,19H,1,14H2,2H3/t17-,18-/m1/s1. The topological polar surface area (TPSA) is 29.5 Å². The predicted octanol–water partition coefficient (Wildman–Crippen LogP) is 3.49. The second-order valence-electron chi connectivity index (χ2n) is 4.85. The molecular formula is C18H20O2. The molecule has 0 fully saturated rings. The van der Waals surface area contributed by atoms with Crippen molar-refractivity contribution >= 4 is 0 Å². The number of rotatable bonds is 6. The zero-order valence-corrected chi connectivity index (χ0v) is 11.7. The smallest absolute Gasteiger partial charge is 0.123 e. The monoisotopic (exact) mass is 268 g/mol. The number of benzene rings is 2. The minimum atomic E-state index is -1.13. The van der Waals surface area contributed by atoms with E-state index < -0.39 is 5.60 Å². The lowest BCUT2D eigenvalue weighted by Gasteiger charge is -2.35. The summed E-state index contributed by atoms with van der Waals surface area (Å²) >= 11 is 0. The van der Waals surface area contributed by atoms with Crippen molar-refractivity contribution in [3.8, 4) is 0 Å². The summed E-state index contributed by atoms with van der Waals surface area (Å²) in [5.74, 6) is -0.231. The largest absolute Gasteiger partial charge is 0.382 e. The molecular weight excluding hydrogens is 248 g/mol. The lowest BCUT2D eigenvalue weighted by molar-refractivity contribution is -0.0466. The molecule has 2 rings (SSSR count). The maximum Gasteiger partial charge on any atom is 0.123 e. The third-order valence-electron chi connectivity index (χ3n) is 3.55. The number of methoxy groups -OCH3 is 1. The summed E-state index contributed by atoms with van der Waals surface area (Å²) in [4.78, 5) is 0. The van der Waals surface area contributed by atoms with Crippen molar-refractivity contribution in [2.45, 2.75) is 11.5 Å². The van der Waals surface area contributed by atoms with Gasteiger partial charge in [-0.25, -0.2) is 0 Å². The van der Waals surface area contributed by atoms with Gasteiger partial charge < -0.3 is 9.84 Å². The van der Waals surface area contributed by atoms with Crippen LogP contribution in [0.3, 0.4) is 0 Å². The van der Waals surface area contributed by atoms with E-state index >= 15 is 0 Å². The van der Waals surface area contributed by atoms with E-state index in [1.807, 2.05) is 60.7 Å². The van der Waals surface area contributed by atoms with Gasteiger partial charge in [0.15, 0.2) is 0 Å². The van der Waals surface area contributed by atoms with Gasteiger partial charge in [0.2, 0.25) is 0 Å². The van der Waals surface area contributed by atoms with Crippen LogP contribution in [0.5, 0.6) is 0 Å². The van der Waals surface area contributed by atoms with Crippen molar-refractivity contribution in [1.82, 2.24) is 0 Å². The third-order valence-corrected chi connectivity index (χ3v) is 3.55. The SMILES string of the molecule is C=C[C@H](c1ccccc1)[C@@](O)(COC)c1ccccc1. The van der Waals surface area contributed by atoms with Gasteiger partial charge in [0.1, 0.15) is 5.60 Å². The van der Waals surface area contributed by atoms with Crippen LogP contribution in [-0.2, 0) is 10.3 Å². The zero-order chi connectivity index (χ0) is 14.4. The third kappa shape index (κ3) is 2.82. The van der Waals surface area contributed by atoms with Crippen LogP contribution in [0.2, 0.25) is 0 Å². The van der Waals surface area contributed by atoms with Gasteiger partial charge in [-0.3, -0.25) is 0 Å². The first kappa shape index (κ1) is 14.5. The quantitative estimate of drug-likeness (QED) is 0.813. The van der Waals surface area contributed by atoms with Crippen LogP contribution < -0.4 is 0 Å². The number of ether oxygens (including phenoxy) is 1. The van der Waals surface area contributed by atoms with Crippen molar-refractivity contribution in [3.05, 3.63) is 84.4 Å². The second-order valence-corrected chi connectivity index (χ2v) is 4.85. The molecule has 2 nitrogen and oxygen atoms in total. The molecule has 0 radical (unpaired) electrons. The Labute approximate surface area is 120 Å². The Balaban J connectivity index is 2.48. The highest BCUT2D eigenvalue weighted by atomic mass is 16.5. The minimum Gasteiger partial charge on any atom is -0.382 e. The van der Waals surface area contributed by atoms with Gasteiger partial charge in [-0.15, -0.1) is 6.58 Å². The summed E-state index contributed by atoms with van der Waals surface area (Å²) in [5.41, 5.74) is 0.723. The average Bonchev–Trinajstić information content (AvgIpc) is 2.50. The van der Waals surface area contributed by atoms with Crippen molar-refractivity contribution in [3.63, 3.8) is 0 Å². The molecule has 2 aromatic carbocycles. The molecule has 0 aliphatic rings. The predicted molar refractivity (Wildman–Crippen MR) is 81.6 cm³/mol. The Morgan fingerprint density at radius 2 is 1.65 bits per heavy atom. The lowest BCUT2D eigenvalue weighted by atomic mass is 9.78. The Hall–Kier alpha value is -1.90. The van der Waals surface area contributed by atoms with E-state index in [4.69, 9.17) is 4.74 Å². The van der Waals surface area contributed by atoms with E-state index in [-0.39, 0.29) is 12.5 Å². The first-order valence-corrected chi connectivity index (χ1v) is 6.66. The van der Waals surface area contributed by atoms with Crippen LogP contribution in [0.4, 0.5) is 0 Å². The number of hydrogen-bond donors (Lipinski definition) is 1. The van der Waals surface area contributed by atoms with E-state index in [9.17, 15) is 5.11 Å². The molecule has 20 heavy (non-hydrogen) atoms. The highest BCUT2D eigenvalue weighted by molar-refractivity contribution is 5.34. The molecule has 0 amide bonds. The summed E-state index contributed by atoms with van der Waals surface area (Å²) in [6.45, 7) is 4.11. The number of hydrogen-bond acceptors (Lipinski definition) is 2. The molecule has 104 valence electrons. The minimum absolute atomic E-state index is 0.211. The molecule has 1 N–H and O–H groups in total. The summed E-state index contributed by atoms with van der Waals surface area (Å²) in [6.07, 6.45) is 1.78.